The van der Waals surface area contributed by atoms with Gasteiger partial charge < -0.3 is 10.3 Å². The monoisotopic (exact) mass is 256 g/mol. The Bertz CT molecular complexity index is 570. The molecule has 19 heavy (non-hydrogen) atoms. The number of aromatic nitrogens is 1. The van der Waals surface area contributed by atoms with Crippen LogP contribution in [-0.2, 0) is 0 Å². The Labute approximate surface area is 115 Å². The van der Waals surface area contributed by atoms with Crippen LogP contribution in [0.25, 0.3) is 10.9 Å². The average molecular weight is 256 g/mol. The molecule has 0 saturated heterocycles. The second kappa shape index (κ2) is 5.01. The van der Waals surface area contributed by atoms with Crippen LogP contribution in [0.4, 0.5) is 0 Å². The minimum absolute atomic E-state index is 0.577. The summed E-state index contributed by atoms with van der Waals surface area (Å²) in [5.74, 6) is 1.45. The molecule has 0 spiro atoms. The van der Waals surface area contributed by atoms with Crippen molar-refractivity contribution in [3.8, 4) is 0 Å². The number of hydrogen-bond acceptors (Lipinski definition) is 1. The first-order chi connectivity index (χ1) is 9.20. The molecule has 1 heterocycles. The van der Waals surface area contributed by atoms with Crippen LogP contribution in [-0.4, -0.2) is 11.1 Å². The second-order valence-corrected chi connectivity index (χ2v) is 6.21. The van der Waals surface area contributed by atoms with Crippen molar-refractivity contribution in [2.24, 2.45) is 17.6 Å². The Morgan fingerprint density at radius 2 is 2.11 bits per heavy atom. The molecule has 2 aromatic rings. The molecular weight excluding hydrogens is 232 g/mol. The third-order valence-corrected chi connectivity index (χ3v) is 4.86. The number of aryl methyl sites for hydroxylation is 1. The number of fused-ring (bicyclic) bond motifs is 1. The van der Waals surface area contributed by atoms with Crippen LogP contribution in [0.2, 0.25) is 0 Å². The molecule has 1 fully saturated rings. The number of rotatable bonds is 2. The molecule has 1 aliphatic carbocycles. The Balaban J connectivity index is 2.04. The van der Waals surface area contributed by atoms with E-state index in [0.717, 1.165) is 12.5 Å². The predicted octanol–water partition coefficient (Wildman–Crippen LogP) is 3.89. The highest BCUT2D eigenvalue weighted by molar-refractivity contribution is 5.83. The molecule has 2 nitrogen and oxygen atoms in total. The predicted molar refractivity (Wildman–Crippen MR) is 81.3 cm³/mol. The molecule has 1 aromatic heterocycles. The van der Waals surface area contributed by atoms with Gasteiger partial charge in [-0.15, -0.1) is 0 Å². The van der Waals surface area contributed by atoms with Crippen LogP contribution < -0.4 is 5.73 Å². The smallest absolute Gasteiger partial charge is 0.0485 e. The van der Waals surface area contributed by atoms with Gasteiger partial charge in [0.2, 0.25) is 0 Å². The van der Waals surface area contributed by atoms with Gasteiger partial charge >= 0.3 is 0 Å². The van der Waals surface area contributed by atoms with Crippen LogP contribution in [0.5, 0.6) is 0 Å². The van der Waals surface area contributed by atoms with Crippen molar-refractivity contribution in [3.63, 3.8) is 0 Å². The lowest BCUT2D eigenvalue weighted by atomic mass is 9.79. The molecule has 3 rings (SSSR count). The summed E-state index contributed by atoms with van der Waals surface area (Å²) in [4.78, 5) is 0. The lowest BCUT2D eigenvalue weighted by molar-refractivity contribution is 0.202. The first-order valence-corrected chi connectivity index (χ1v) is 7.47. The van der Waals surface area contributed by atoms with E-state index < -0.39 is 0 Å². The zero-order valence-electron chi connectivity index (χ0n) is 12.0. The lowest BCUT2D eigenvalue weighted by Crippen LogP contribution is -2.31. The molecule has 0 bridgehead atoms. The molecule has 2 heteroatoms. The van der Waals surface area contributed by atoms with E-state index in [2.05, 4.69) is 48.9 Å². The van der Waals surface area contributed by atoms with Crippen molar-refractivity contribution in [1.29, 1.82) is 0 Å². The maximum Gasteiger partial charge on any atom is 0.0485 e. The maximum absolute atomic E-state index is 6.01. The quantitative estimate of drug-likeness (QED) is 0.868. The van der Waals surface area contributed by atoms with Gasteiger partial charge in [-0.1, -0.05) is 25.5 Å². The molecule has 1 saturated carbocycles. The van der Waals surface area contributed by atoms with Crippen LogP contribution in [0, 0.1) is 18.8 Å². The second-order valence-electron chi connectivity index (χ2n) is 6.21. The summed E-state index contributed by atoms with van der Waals surface area (Å²) in [6, 6.07) is 9.44. The largest absolute Gasteiger partial charge is 0.344 e. The summed E-state index contributed by atoms with van der Waals surface area (Å²) in [5, 5.41) is 1.39. The van der Waals surface area contributed by atoms with Crippen molar-refractivity contribution in [3.05, 3.63) is 36.0 Å². The highest BCUT2D eigenvalue weighted by Crippen LogP contribution is 2.38. The summed E-state index contributed by atoms with van der Waals surface area (Å²) in [5.41, 5.74) is 8.74. The number of nitrogens with zero attached hydrogens (tertiary/aromatic N) is 1. The minimum Gasteiger partial charge on any atom is -0.344 e. The SMILES string of the molecule is Cc1cccc2c1ccn2C1CC(C)CCC1CN. The van der Waals surface area contributed by atoms with E-state index in [4.69, 9.17) is 5.73 Å². The lowest BCUT2D eigenvalue weighted by Gasteiger charge is -2.35. The molecule has 2 N–H and O–H groups in total. The summed E-state index contributed by atoms with van der Waals surface area (Å²) in [6.45, 7) is 5.37. The van der Waals surface area contributed by atoms with Crippen LogP contribution in [0.1, 0.15) is 37.8 Å². The summed E-state index contributed by atoms with van der Waals surface area (Å²) >= 11 is 0. The molecular formula is C17H24N2. The van der Waals surface area contributed by atoms with E-state index in [9.17, 15) is 0 Å². The number of hydrogen-bond donors (Lipinski definition) is 1. The van der Waals surface area contributed by atoms with E-state index >= 15 is 0 Å². The van der Waals surface area contributed by atoms with Gasteiger partial charge in [0.05, 0.1) is 0 Å². The minimum atomic E-state index is 0.577. The Morgan fingerprint density at radius 1 is 1.26 bits per heavy atom. The molecule has 0 amide bonds. The van der Waals surface area contributed by atoms with Crippen molar-refractivity contribution >= 4 is 10.9 Å². The van der Waals surface area contributed by atoms with Gasteiger partial charge in [-0.25, -0.2) is 0 Å². The van der Waals surface area contributed by atoms with Crippen molar-refractivity contribution in [1.82, 2.24) is 4.57 Å². The van der Waals surface area contributed by atoms with Gasteiger partial charge in [-0.05, 0) is 55.8 Å². The molecule has 3 unspecified atom stereocenters. The van der Waals surface area contributed by atoms with E-state index in [1.165, 1.54) is 35.7 Å². The Kier molecular flexibility index (Phi) is 3.36. The summed E-state index contributed by atoms with van der Waals surface area (Å²) < 4.78 is 2.48. The zero-order chi connectivity index (χ0) is 13.4. The van der Waals surface area contributed by atoms with Crippen LogP contribution in [0.15, 0.2) is 30.5 Å². The van der Waals surface area contributed by atoms with Gasteiger partial charge in [-0.2, -0.15) is 0 Å². The third kappa shape index (κ3) is 2.18. The van der Waals surface area contributed by atoms with Crippen molar-refractivity contribution in [2.75, 3.05) is 6.54 Å². The van der Waals surface area contributed by atoms with Gasteiger partial charge in [0.15, 0.2) is 0 Å². The number of benzene rings is 1. The van der Waals surface area contributed by atoms with Gasteiger partial charge in [-0.3, -0.25) is 0 Å². The molecule has 1 aromatic carbocycles. The fourth-order valence-corrected chi connectivity index (χ4v) is 3.66. The molecule has 1 aliphatic rings. The topological polar surface area (TPSA) is 30.9 Å². The maximum atomic E-state index is 6.01. The normalized spacial score (nSPS) is 27.8. The van der Waals surface area contributed by atoms with Gasteiger partial charge in [0.1, 0.15) is 0 Å². The fourth-order valence-electron chi connectivity index (χ4n) is 3.66. The van der Waals surface area contributed by atoms with E-state index in [0.29, 0.717) is 12.0 Å². The molecule has 102 valence electrons. The molecule has 0 radical (unpaired) electrons. The standard InChI is InChI=1S/C17H24N2/c1-12-6-7-14(11-18)17(10-12)19-9-8-15-13(2)4-3-5-16(15)19/h3-5,8-9,12,14,17H,6-7,10-11,18H2,1-2H3. The zero-order valence-corrected chi connectivity index (χ0v) is 12.0. The highest BCUT2D eigenvalue weighted by Gasteiger charge is 2.29. The Hall–Kier alpha value is -1.28. The summed E-state index contributed by atoms with van der Waals surface area (Å²) in [6.07, 6.45) is 6.13. The summed E-state index contributed by atoms with van der Waals surface area (Å²) in [7, 11) is 0. The molecule has 3 atom stereocenters. The van der Waals surface area contributed by atoms with E-state index in [-0.39, 0.29) is 0 Å². The van der Waals surface area contributed by atoms with Crippen molar-refractivity contribution in [2.45, 2.75) is 39.2 Å². The van der Waals surface area contributed by atoms with E-state index in [1.807, 2.05) is 0 Å². The van der Waals surface area contributed by atoms with Crippen LogP contribution in [0.3, 0.4) is 0 Å². The van der Waals surface area contributed by atoms with Gasteiger partial charge in [0.25, 0.3) is 0 Å². The first kappa shape index (κ1) is 12.7. The van der Waals surface area contributed by atoms with E-state index in [1.54, 1.807) is 0 Å². The Morgan fingerprint density at radius 3 is 2.89 bits per heavy atom. The van der Waals surface area contributed by atoms with Crippen molar-refractivity contribution < 1.29 is 0 Å². The fraction of sp³-hybridized carbons (Fsp3) is 0.529. The van der Waals surface area contributed by atoms with Gasteiger partial charge in [0, 0.05) is 23.1 Å². The first-order valence-electron chi connectivity index (χ1n) is 7.47. The van der Waals surface area contributed by atoms with Crippen LogP contribution >= 0.6 is 0 Å². The highest BCUT2D eigenvalue weighted by atomic mass is 15.0. The number of nitrogens with two attached hydrogens (primary N) is 1. The molecule has 0 aliphatic heterocycles. The third-order valence-electron chi connectivity index (χ3n) is 4.86. The average Bonchev–Trinajstić information content (AvgIpc) is 2.84.